The molecule has 1 aliphatic carbocycles. The van der Waals surface area contributed by atoms with Crippen LogP contribution >= 0.6 is 0 Å². The molecule has 0 radical (unpaired) electrons. The first kappa shape index (κ1) is 40.4. The number of ether oxygens (including phenoxy) is 6. The van der Waals surface area contributed by atoms with E-state index in [-0.39, 0.29) is 31.1 Å². The van der Waals surface area contributed by atoms with E-state index in [1.165, 1.54) is 22.3 Å². The van der Waals surface area contributed by atoms with Crippen molar-refractivity contribution < 1.29 is 38.0 Å². The van der Waals surface area contributed by atoms with Crippen molar-refractivity contribution in [1.29, 1.82) is 0 Å². The van der Waals surface area contributed by atoms with Gasteiger partial charge in [0.15, 0.2) is 5.60 Å². The number of hydrogen-bond acceptors (Lipinski definition) is 9. The lowest BCUT2D eigenvalue weighted by molar-refractivity contribution is -0.138. The van der Waals surface area contributed by atoms with Gasteiger partial charge in [-0.05, 0) is 89.9 Å². The number of methoxy groups -OCH3 is 3. The van der Waals surface area contributed by atoms with Gasteiger partial charge in [-0.3, -0.25) is 0 Å². The van der Waals surface area contributed by atoms with Crippen molar-refractivity contribution in [2.75, 3.05) is 59.1 Å². The first-order chi connectivity index (χ1) is 29.0. The Balaban J connectivity index is 1.20. The second-order valence-corrected chi connectivity index (χ2v) is 16.3. The average molecular weight is 809 g/mol. The van der Waals surface area contributed by atoms with Crippen LogP contribution in [0.3, 0.4) is 0 Å². The van der Waals surface area contributed by atoms with E-state index < -0.39 is 17.7 Å². The molecule has 0 saturated carbocycles. The number of hydrogen-bond donors (Lipinski definition) is 1. The van der Waals surface area contributed by atoms with Gasteiger partial charge < -0.3 is 38.6 Å². The monoisotopic (exact) mass is 808 g/mol. The highest BCUT2D eigenvalue weighted by atomic mass is 16.6. The average Bonchev–Trinajstić information content (AvgIpc) is 3.52. The number of piperidine rings is 1. The van der Waals surface area contributed by atoms with Gasteiger partial charge in [0.05, 0.1) is 40.2 Å². The molecular formula is C50H52N2O8. The topological polar surface area (TPSA) is 105 Å². The highest BCUT2D eigenvalue weighted by molar-refractivity contribution is 6.10. The largest absolute Gasteiger partial charge is 0.497 e. The van der Waals surface area contributed by atoms with Crippen molar-refractivity contribution in [2.24, 2.45) is 5.92 Å². The Labute approximate surface area is 351 Å². The van der Waals surface area contributed by atoms with Gasteiger partial charge in [-0.2, -0.15) is 0 Å². The Morgan fingerprint density at radius 1 is 0.883 bits per heavy atom. The quantitative estimate of drug-likeness (QED) is 0.0750. The fourth-order valence-corrected chi connectivity index (χ4v) is 9.11. The van der Waals surface area contributed by atoms with Gasteiger partial charge in [0.25, 0.3) is 0 Å². The summed E-state index contributed by atoms with van der Waals surface area (Å²) in [4.78, 5) is 26.6. The van der Waals surface area contributed by atoms with Gasteiger partial charge in [0.1, 0.15) is 29.6 Å². The van der Waals surface area contributed by atoms with E-state index in [4.69, 9.17) is 28.4 Å². The summed E-state index contributed by atoms with van der Waals surface area (Å²) in [5.74, 6) is 2.65. The molecular weight excluding hydrogens is 757 g/mol. The van der Waals surface area contributed by atoms with E-state index in [0.717, 1.165) is 75.5 Å². The molecule has 1 saturated heterocycles. The van der Waals surface area contributed by atoms with Crippen LogP contribution in [0.25, 0.3) is 28.0 Å². The Morgan fingerprint density at radius 3 is 2.22 bits per heavy atom. The van der Waals surface area contributed by atoms with Crippen LogP contribution in [0.1, 0.15) is 61.4 Å². The number of rotatable bonds is 12. The molecule has 3 aliphatic rings. The van der Waals surface area contributed by atoms with Crippen molar-refractivity contribution in [2.45, 2.75) is 44.6 Å². The zero-order valence-electron chi connectivity index (χ0n) is 35.2. The lowest BCUT2D eigenvalue weighted by Gasteiger charge is -2.39. The first-order valence-corrected chi connectivity index (χ1v) is 20.5. The number of carbonyl (C=O) groups is 2. The molecule has 1 amide bonds. The Hall–Kier alpha value is -6.42. The number of alkyl carbamates (subject to hydrolysis) is 1. The maximum Gasteiger partial charge on any atom is 0.407 e. The second-order valence-electron chi connectivity index (χ2n) is 16.3. The van der Waals surface area contributed by atoms with E-state index in [2.05, 4.69) is 103 Å². The van der Waals surface area contributed by atoms with Gasteiger partial charge in [-0.1, -0.05) is 75.0 Å². The minimum absolute atomic E-state index is 0.0413. The molecule has 2 heterocycles. The van der Waals surface area contributed by atoms with Crippen LogP contribution in [-0.4, -0.2) is 66.2 Å². The molecule has 0 bridgehead atoms. The molecule has 1 fully saturated rings. The molecule has 60 heavy (non-hydrogen) atoms. The fraction of sp³-hybridized carbons (Fsp3) is 0.320. The standard InChI is InChI=1S/C50H52N2O8/c1-31(2)47(53)58-26-24-51-48(54)59-30-32-11-10-25-52(29-32)42-27-39-40(28-43(42)57-7)46-38(45-44(39)37-12-8-9-13-41(37)49(45,3)4)22-23-50(60-46,33-14-18-35(55-5)19-15-33)34-16-20-36(56-6)21-17-34/h8-9,12-23,27-28,32H,1,10-11,24-26,29-30H2,2-7H3,(H,51,54). The summed E-state index contributed by atoms with van der Waals surface area (Å²) in [7, 11) is 5.05. The number of nitrogens with zero attached hydrogens (tertiary/aromatic N) is 1. The summed E-state index contributed by atoms with van der Waals surface area (Å²) in [6.45, 7) is 11.7. The molecule has 310 valence electrons. The summed E-state index contributed by atoms with van der Waals surface area (Å²) < 4.78 is 35.6. The minimum atomic E-state index is -0.977. The van der Waals surface area contributed by atoms with Gasteiger partial charge in [-0.25, -0.2) is 9.59 Å². The molecule has 8 rings (SSSR count). The van der Waals surface area contributed by atoms with Crippen LogP contribution in [-0.2, 0) is 25.3 Å². The first-order valence-electron chi connectivity index (χ1n) is 20.5. The number of esters is 1. The molecule has 10 nitrogen and oxygen atoms in total. The van der Waals surface area contributed by atoms with Crippen molar-refractivity contribution in [3.8, 4) is 34.1 Å². The third-order valence-corrected chi connectivity index (χ3v) is 12.1. The number of carbonyl (C=O) groups excluding carboxylic acids is 2. The number of benzene rings is 5. The maximum absolute atomic E-state index is 12.6. The SMILES string of the molecule is C=C(C)C(=O)OCCNC(=O)OCC1CCCN(c2cc3c4c(c5c(c3cc2OC)OC(c2ccc(OC)cc2)(c2ccc(OC)cc2)C=C5)C(C)(C)c2ccccc2-4)C1. The normalized spacial score (nSPS) is 16.8. The number of amides is 1. The smallest absolute Gasteiger partial charge is 0.407 e. The number of anilines is 1. The molecule has 2 aliphatic heterocycles. The molecule has 5 aromatic carbocycles. The Kier molecular flexibility index (Phi) is 11.0. The summed E-state index contributed by atoms with van der Waals surface area (Å²) in [5, 5.41) is 4.70. The second kappa shape index (κ2) is 16.3. The summed E-state index contributed by atoms with van der Waals surface area (Å²) >= 11 is 0. The number of nitrogens with one attached hydrogen (secondary N) is 1. The van der Waals surface area contributed by atoms with Gasteiger partial charge in [0.2, 0.25) is 0 Å². The zero-order valence-corrected chi connectivity index (χ0v) is 35.2. The molecule has 0 aromatic heterocycles. The van der Waals surface area contributed by atoms with Crippen LogP contribution in [0.15, 0.2) is 103 Å². The summed E-state index contributed by atoms with van der Waals surface area (Å²) in [5.41, 5.74) is 7.85. The predicted octanol–water partition coefficient (Wildman–Crippen LogP) is 9.58. The summed E-state index contributed by atoms with van der Waals surface area (Å²) in [6, 6.07) is 29.3. The molecule has 0 spiro atoms. The molecule has 1 unspecified atom stereocenters. The van der Waals surface area contributed by atoms with E-state index in [1.54, 1.807) is 28.3 Å². The van der Waals surface area contributed by atoms with Crippen LogP contribution in [0, 0.1) is 5.92 Å². The van der Waals surface area contributed by atoms with Crippen molar-refractivity contribution in [3.05, 3.63) is 131 Å². The van der Waals surface area contributed by atoms with Gasteiger partial charge in [-0.15, -0.1) is 0 Å². The molecule has 1 atom stereocenters. The maximum atomic E-state index is 12.6. The molecule has 5 aromatic rings. The highest BCUT2D eigenvalue weighted by Gasteiger charge is 2.44. The van der Waals surface area contributed by atoms with Gasteiger partial charge >= 0.3 is 12.1 Å². The molecule has 1 N–H and O–H groups in total. The van der Waals surface area contributed by atoms with E-state index in [0.29, 0.717) is 12.1 Å². The molecule has 10 heteroatoms. The third kappa shape index (κ3) is 7.18. The lowest BCUT2D eigenvalue weighted by Crippen LogP contribution is -2.39. The highest BCUT2D eigenvalue weighted by Crippen LogP contribution is 2.59. The zero-order chi connectivity index (χ0) is 42.2. The minimum Gasteiger partial charge on any atom is -0.497 e. The van der Waals surface area contributed by atoms with Crippen LogP contribution < -0.4 is 29.2 Å². The van der Waals surface area contributed by atoms with Crippen molar-refractivity contribution in [3.63, 3.8) is 0 Å². The van der Waals surface area contributed by atoms with Crippen LogP contribution in [0.2, 0.25) is 0 Å². The summed E-state index contributed by atoms with van der Waals surface area (Å²) in [6.07, 6.45) is 5.73. The Morgan fingerprint density at radius 2 is 1.57 bits per heavy atom. The van der Waals surface area contributed by atoms with Crippen molar-refractivity contribution in [1.82, 2.24) is 5.32 Å². The van der Waals surface area contributed by atoms with Crippen LogP contribution in [0.5, 0.6) is 23.0 Å². The van der Waals surface area contributed by atoms with E-state index >= 15 is 0 Å². The Bertz CT molecular complexity index is 2440. The van der Waals surface area contributed by atoms with Crippen LogP contribution in [0.4, 0.5) is 10.5 Å². The lowest BCUT2D eigenvalue weighted by atomic mass is 9.76. The van der Waals surface area contributed by atoms with E-state index in [9.17, 15) is 9.59 Å². The van der Waals surface area contributed by atoms with Crippen molar-refractivity contribution >= 4 is 34.6 Å². The fourth-order valence-electron chi connectivity index (χ4n) is 9.11. The number of fused-ring (bicyclic) bond motifs is 8. The van der Waals surface area contributed by atoms with E-state index in [1.807, 2.05) is 24.3 Å². The third-order valence-electron chi connectivity index (χ3n) is 12.1. The van der Waals surface area contributed by atoms with Gasteiger partial charge in [0, 0.05) is 52.1 Å². The predicted molar refractivity (Wildman–Crippen MR) is 235 cm³/mol.